The zero-order valence-electron chi connectivity index (χ0n) is 10.6. The lowest BCUT2D eigenvalue weighted by atomic mass is 10.1. The summed E-state index contributed by atoms with van der Waals surface area (Å²) in [5.74, 6) is 0. The summed E-state index contributed by atoms with van der Waals surface area (Å²) < 4.78 is 1.92. The molecule has 0 atom stereocenters. The van der Waals surface area contributed by atoms with Crippen LogP contribution in [0.2, 0.25) is 0 Å². The van der Waals surface area contributed by atoms with Gasteiger partial charge in [0.1, 0.15) is 0 Å². The summed E-state index contributed by atoms with van der Waals surface area (Å²) in [4.78, 5) is 0. The maximum Gasteiger partial charge on any atom is 0.0681 e. The first-order valence-corrected chi connectivity index (χ1v) is 6.22. The van der Waals surface area contributed by atoms with Gasteiger partial charge in [0, 0.05) is 31.4 Å². The van der Waals surface area contributed by atoms with Crippen LogP contribution in [0.15, 0.2) is 36.7 Å². The van der Waals surface area contributed by atoms with Gasteiger partial charge in [-0.05, 0) is 18.1 Å². The number of benzene rings is 1. The Morgan fingerprint density at radius 2 is 2.00 bits per heavy atom. The molecule has 4 heteroatoms. The van der Waals surface area contributed by atoms with Crippen LogP contribution in [0.25, 0.3) is 0 Å². The van der Waals surface area contributed by atoms with E-state index in [9.17, 15) is 0 Å². The SMILES string of the molecule is CCn1cc(CNCc2cccc(CO)c2)cn1. The number of nitrogens with one attached hydrogen (secondary N) is 1. The van der Waals surface area contributed by atoms with Gasteiger partial charge in [0.2, 0.25) is 0 Å². The monoisotopic (exact) mass is 245 g/mol. The molecule has 0 bridgehead atoms. The van der Waals surface area contributed by atoms with Crippen LogP contribution in [0.3, 0.4) is 0 Å². The highest BCUT2D eigenvalue weighted by atomic mass is 16.3. The first kappa shape index (κ1) is 12.8. The minimum Gasteiger partial charge on any atom is -0.392 e. The van der Waals surface area contributed by atoms with Crippen LogP contribution in [0.5, 0.6) is 0 Å². The molecule has 0 aliphatic heterocycles. The number of aliphatic hydroxyl groups excluding tert-OH is 1. The van der Waals surface area contributed by atoms with Crippen LogP contribution in [0.1, 0.15) is 23.6 Å². The predicted octanol–water partition coefficient (Wildman–Crippen LogP) is 1.69. The zero-order valence-corrected chi connectivity index (χ0v) is 10.6. The molecule has 4 nitrogen and oxygen atoms in total. The highest BCUT2D eigenvalue weighted by Gasteiger charge is 1.98. The average molecular weight is 245 g/mol. The van der Waals surface area contributed by atoms with Crippen molar-refractivity contribution < 1.29 is 5.11 Å². The number of nitrogens with zero attached hydrogens (tertiary/aromatic N) is 2. The topological polar surface area (TPSA) is 50.1 Å². The molecular weight excluding hydrogens is 226 g/mol. The van der Waals surface area contributed by atoms with Crippen molar-refractivity contribution in [2.75, 3.05) is 0 Å². The summed E-state index contributed by atoms with van der Waals surface area (Å²) in [6.45, 7) is 4.68. The lowest BCUT2D eigenvalue weighted by Gasteiger charge is -2.05. The Kier molecular flexibility index (Phi) is 4.50. The predicted molar refractivity (Wildman–Crippen MR) is 70.8 cm³/mol. The first-order valence-electron chi connectivity index (χ1n) is 6.22. The van der Waals surface area contributed by atoms with E-state index in [1.165, 1.54) is 11.1 Å². The first-order chi connectivity index (χ1) is 8.81. The average Bonchev–Trinajstić information content (AvgIpc) is 2.87. The van der Waals surface area contributed by atoms with E-state index in [1.54, 1.807) is 0 Å². The van der Waals surface area contributed by atoms with Crippen molar-refractivity contribution in [1.82, 2.24) is 15.1 Å². The van der Waals surface area contributed by atoms with Crippen molar-refractivity contribution in [1.29, 1.82) is 0 Å². The maximum absolute atomic E-state index is 9.06. The molecular formula is C14H19N3O. The summed E-state index contributed by atoms with van der Waals surface area (Å²) in [6, 6.07) is 7.97. The molecule has 0 aliphatic rings. The fourth-order valence-corrected chi connectivity index (χ4v) is 1.86. The highest BCUT2D eigenvalue weighted by Crippen LogP contribution is 2.05. The third-order valence-corrected chi connectivity index (χ3v) is 2.84. The fourth-order valence-electron chi connectivity index (χ4n) is 1.86. The molecule has 0 saturated heterocycles. The third-order valence-electron chi connectivity index (χ3n) is 2.84. The molecule has 0 unspecified atom stereocenters. The minimum atomic E-state index is 0.0944. The van der Waals surface area contributed by atoms with Crippen molar-refractivity contribution in [2.24, 2.45) is 0 Å². The van der Waals surface area contributed by atoms with Gasteiger partial charge < -0.3 is 10.4 Å². The molecule has 2 rings (SSSR count). The summed E-state index contributed by atoms with van der Waals surface area (Å²) in [6.07, 6.45) is 3.94. The Labute approximate surface area is 107 Å². The number of aryl methyl sites for hydroxylation is 1. The molecule has 2 aromatic rings. The molecule has 2 N–H and O–H groups in total. The highest BCUT2D eigenvalue weighted by molar-refractivity contribution is 5.22. The normalized spacial score (nSPS) is 10.8. The molecule has 0 spiro atoms. The second-order valence-corrected chi connectivity index (χ2v) is 4.29. The number of rotatable bonds is 6. The van der Waals surface area contributed by atoms with Crippen LogP contribution in [0, 0.1) is 0 Å². The van der Waals surface area contributed by atoms with Gasteiger partial charge >= 0.3 is 0 Å². The standard InChI is InChI=1S/C14H19N3O/c1-2-17-10-14(9-16-17)8-15-7-12-4-3-5-13(6-12)11-18/h3-6,9-10,15,18H,2,7-8,11H2,1H3. The Morgan fingerprint density at radius 1 is 1.22 bits per heavy atom. The van der Waals surface area contributed by atoms with Gasteiger partial charge in [-0.3, -0.25) is 4.68 Å². The van der Waals surface area contributed by atoms with E-state index >= 15 is 0 Å². The van der Waals surface area contributed by atoms with Crippen molar-refractivity contribution in [3.8, 4) is 0 Å². The number of hydrogen-bond acceptors (Lipinski definition) is 3. The van der Waals surface area contributed by atoms with Crippen molar-refractivity contribution in [3.05, 3.63) is 53.3 Å². The van der Waals surface area contributed by atoms with Gasteiger partial charge in [0.15, 0.2) is 0 Å². The number of hydrogen-bond donors (Lipinski definition) is 2. The molecule has 0 amide bonds. The van der Waals surface area contributed by atoms with Crippen LogP contribution < -0.4 is 5.32 Å². The van der Waals surface area contributed by atoms with E-state index in [4.69, 9.17) is 5.11 Å². The van der Waals surface area contributed by atoms with Gasteiger partial charge in [-0.1, -0.05) is 24.3 Å². The lowest BCUT2D eigenvalue weighted by Crippen LogP contribution is -2.12. The van der Waals surface area contributed by atoms with E-state index in [2.05, 4.69) is 29.6 Å². The summed E-state index contributed by atoms with van der Waals surface area (Å²) in [7, 11) is 0. The molecule has 96 valence electrons. The number of aromatic nitrogens is 2. The van der Waals surface area contributed by atoms with E-state index in [0.717, 1.165) is 25.2 Å². The van der Waals surface area contributed by atoms with Gasteiger partial charge in [-0.15, -0.1) is 0 Å². The molecule has 18 heavy (non-hydrogen) atoms. The molecule has 1 heterocycles. The van der Waals surface area contributed by atoms with Crippen LogP contribution >= 0.6 is 0 Å². The number of aliphatic hydroxyl groups is 1. The van der Waals surface area contributed by atoms with E-state index in [-0.39, 0.29) is 6.61 Å². The van der Waals surface area contributed by atoms with Crippen molar-refractivity contribution in [3.63, 3.8) is 0 Å². The summed E-state index contributed by atoms with van der Waals surface area (Å²) in [5.41, 5.74) is 3.33. The molecule has 0 radical (unpaired) electrons. The zero-order chi connectivity index (χ0) is 12.8. The smallest absolute Gasteiger partial charge is 0.0681 e. The van der Waals surface area contributed by atoms with Crippen LogP contribution in [0.4, 0.5) is 0 Å². The Hall–Kier alpha value is -1.65. The van der Waals surface area contributed by atoms with Gasteiger partial charge in [-0.2, -0.15) is 5.10 Å². The molecule has 1 aromatic carbocycles. The summed E-state index contributed by atoms with van der Waals surface area (Å²) >= 11 is 0. The molecule has 0 saturated carbocycles. The maximum atomic E-state index is 9.06. The van der Waals surface area contributed by atoms with Gasteiger partial charge in [0.25, 0.3) is 0 Å². The minimum absolute atomic E-state index is 0.0944. The van der Waals surface area contributed by atoms with Crippen LogP contribution in [-0.2, 0) is 26.2 Å². The lowest BCUT2D eigenvalue weighted by molar-refractivity contribution is 0.281. The van der Waals surface area contributed by atoms with E-state index in [1.807, 2.05) is 29.1 Å². The van der Waals surface area contributed by atoms with Gasteiger partial charge in [0.05, 0.1) is 12.8 Å². The van der Waals surface area contributed by atoms with Crippen LogP contribution in [-0.4, -0.2) is 14.9 Å². The third kappa shape index (κ3) is 3.42. The van der Waals surface area contributed by atoms with E-state index < -0.39 is 0 Å². The molecule has 0 aliphatic carbocycles. The quantitative estimate of drug-likeness (QED) is 0.814. The Morgan fingerprint density at radius 3 is 2.72 bits per heavy atom. The second-order valence-electron chi connectivity index (χ2n) is 4.29. The summed E-state index contributed by atoms with van der Waals surface area (Å²) in [5, 5.41) is 16.7. The second kappa shape index (κ2) is 6.33. The Balaban J connectivity index is 1.84. The Bertz CT molecular complexity index is 493. The molecule has 0 fully saturated rings. The molecule has 1 aromatic heterocycles. The fraction of sp³-hybridized carbons (Fsp3) is 0.357. The van der Waals surface area contributed by atoms with Gasteiger partial charge in [-0.25, -0.2) is 0 Å². The van der Waals surface area contributed by atoms with E-state index in [0.29, 0.717) is 0 Å². The van der Waals surface area contributed by atoms with Crippen molar-refractivity contribution >= 4 is 0 Å². The van der Waals surface area contributed by atoms with Crippen molar-refractivity contribution in [2.45, 2.75) is 33.2 Å². The largest absolute Gasteiger partial charge is 0.392 e.